The molecule has 1 aliphatic rings. The standard InChI is InChI=1S/C16H29N/c1-5-6-7-8-15-11-14(4)9-10-16(15)12-17-13(2)3/h1,13-17H,6-12H2,2-4H3. The summed E-state index contributed by atoms with van der Waals surface area (Å²) in [5.41, 5.74) is 0. The van der Waals surface area contributed by atoms with Crippen molar-refractivity contribution >= 4 is 0 Å². The van der Waals surface area contributed by atoms with E-state index >= 15 is 0 Å². The van der Waals surface area contributed by atoms with Gasteiger partial charge in [-0.1, -0.05) is 27.2 Å². The molecule has 0 aliphatic heterocycles. The Morgan fingerprint density at radius 3 is 2.71 bits per heavy atom. The lowest BCUT2D eigenvalue weighted by atomic mass is 9.72. The van der Waals surface area contributed by atoms with E-state index in [9.17, 15) is 0 Å². The van der Waals surface area contributed by atoms with Gasteiger partial charge in [-0.05, 0) is 50.0 Å². The van der Waals surface area contributed by atoms with Crippen LogP contribution in [0.1, 0.15) is 59.3 Å². The molecule has 1 saturated carbocycles. The molecule has 1 rings (SSSR count). The van der Waals surface area contributed by atoms with Crippen molar-refractivity contribution in [3.63, 3.8) is 0 Å². The van der Waals surface area contributed by atoms with E-state index in [0.29, 0.717) is 6.04 Å². The first-order valence-electron chi connectivity index (χ1n) is 7.30. The van der Waals surface area contributed by atoms with E-state index < -0.39 is 0 Å². The molecule has 1 N–H and O–H groups in total. The Morgan fingerprint density at radius 1 is 1.29 bits per heavy atom. The summed E-state index contributed by atoms with van der Waals surface area (Å²) in [4.78, 5) is 0. The third-order valence-electron chi connectivity index (χ3n) is 4.09. The second kappa shape index (κ2) is 7.77. The van der Waals surface area contributed by atoms with Gasteiger partial charge in [-0.25, -0.2) is 0 Å². The Balaban J connectivity index is 2.38. The zero-order valence-electron chi connectivity index (χ0n) is 11.8. The maximum atomic E-state index is 5.34. The van der Waals surface area contributed by atoms with E-state index in [2.05, 4.69) is 32.0 Å². The third-order valence-corrected chi connectivity index (χ3v) is 4.09. The summed E-state index contributed by atoms with van der Waals surface area (Å²) < 4.78 is 0. The minimum Gasteiger partial charge on any atom is -0.314 e. The molecule has 0 heterocycles. The smallest absolute Gasteiger partial charge is 0.00861 e. The van der Waals surface area contributed by atoms with Crippen LogP contribution in [0, 0.1) is 30.1 Å². The van der Waals surface area contributed by atoms with Crippen LogP contribution < -0.4 is 5.32 Å². The fraction of sp³-hybridized carbons (Fsp3) is 0.875. The lowest BCUT2D eigenvalue weighted by molar-refractivity contribution is 0.170. The van der Waals surface area contributed by atoms with Crippen LogP contribution >= 0.6 is 0 Å². The van der Waals surface area contributed by atoms with Crippen LogP contribution in [0.25, 0.3) is 0 Å². The number of nitrogens with one attached hydrogen (secondary N) is 1. The van der Waals surface area contributed by atoms with Gasteiger partial charge in [0.05, 0.1) is 0 Å². The maximum absolute atomic E-state index is 5.34. The molecule has 3 unspecified atom stereocenters. The van der Waals surface area contributed by atoms with Crippen LogP contribution in [-0.4, -0.2) is 12.6 Å². The molecule has 1 nitrogen and oxygen atoms in total. The molecule has 3 atom stereocenters. The quantitative estimate of drug-likeness (QED) is 0.545. The molecule has 0 aromatic heterocycles. The van der Waals surface area contributed by atoms with E-state index in [1.807, 2.05) is 0 Å². The molecule has 0 amide bonds. The summed E-state index contributed by atoms with van der Waals surface area (Å²) >= 11 is 0. The number of hydrogen-bond donors (Lipinski definition) is 1. The van der Waals surface area contributed by atoms with Crippen molar-refractivity contribution in [2.75, 3.05) is 6.54 Å². The van der Waals surface area contributed by atoms with Gasteiger partial charge in [0.15, 0.2) is 0 Å². The van der Waals surface area contributed by atoms with Gasteiger partial charge in [-0.3, -0.25) is 0 Å². The Bertz CT molecular complexity index is 238. The van der Waals surface area contributed by atoms with E-state index in [-0.39, 0.29) is 0 Å². The number of unbranched alkanes of at least 4 members (excludes halogenated alkanes) is 1. The Hall–Kier alpha value is -0.480. The highest BCUT2D eigenvalue weighted by atomic mass is 14.9. The van der Waals surface area contributed by atoms with Crippen molar-refractivity contribution in [1.82, 2.24) is 5.32 Å². The number of terminal acetylenes is 1. The lowest BCUT2D eigenvalue weighted by Crippen LogP contribution is -2.35. The summed E-state index contributed by atoms with van der Waals surface area (Å²) in [5, 5.41) is 3.61. The molecule has 1 heteroatoms. The number of hydrogen-bond acceptors (Lipinski definition) is 1. The molecule has 0 aromatic rings. The van der Waals surface area contributed by atoms with Crippen molar-refractivity contribution < 1.29 is 0 Å². The van der Waals surface area contributed by atoms with Gasteiger partial charge in [0.1, 0.15) is 0 Å². The summed E-state index contributed by atoms with van der Waals surface area (Å²) in [6.07, 6.45) is 13.1. The molecular formula is C16H29N. The topological polar surface area (TPSA) is 12.0 Å². The van der Waals surface area contributed by atoms with E-state index in [0.717, 1.165) is 24.2 Å². The molecule has 1 aliphatic carbocycles. The summed E-state index contributed by atoms with van der Waals surface area (Å²) in [7, 11) is 0. The highest BCUT2D eigenvalue weighted by molar-refractivity contribution is 4.85. The predicted molar refractivity (Wildman–Crippen MR) is 75.8 cm³/mol. The second-order valence-electron chi connectivity index (χ2n) is 6.10. The molecule has 17 heavy (non-hydrogen) atoms. The summed E-state index contributed by atoms with van der Waals surface area (Å²) in [6.45, 7) is 8.07. The van der Waals surface area contributed by atoms with Crippen molar-refractivity contribution in [3.05, 3.63) is 0 Å². The summed E-state index contributed by atoms with van der Waals surface area (Å²) in [6, 6.07) is 0.612. The molecule has 0 bridgehead atoms. The summed E-state index contributed by atoms with van der Waals surface area (Å²) in [5.74, 6) is 5.47. The first-order chi connectivity index (χ1) is 8.13. The Morgan fingerprint density at radius 2 is 2.06 bits per heavy atom. The Labute approximate surface area is 108 Å². The van der Waals surface area contributed by atoms with Crippen molar-refractivity contribution in [1.29, 1.82) is 0 Å². The van der Waals surface area contributed by atoms with Gasteiger partial charge in [-0.2, -0.15) is 0 Å². The van der Waals surface area contributed by atoms with Crippen LogP contribution in [0.2, 0.25) is 0 Å². The van der Waals surface area contributed by atoms with Crippen molar-refractivity contribution in [2.24, 2.45) is 17.8 Å². The van der Waals surface area contributed by atoms with Gasteiger partial charge in [0.2, 0.25) is 0 Å². The predicted octanol–water partition coefficient (Wildman–Crippen LogP) is 3.84. The molecule has 0 saturated heterocycles. The first-order valence-corrected chi connectivity index (χ1v) is 7.30. The molecular weight excluding hydrogens is 206 g/mol. The average Bonchev–Trinajstić information content (AvgIpc) is 2.28. The fourth-order valence-corrected chi connectivity index (χ4v) is 3.04. The molecule has 0 radical (unpaired) electrons. The molecule has 98 valence electrons. The minimum atomic E-state index is 0.612. The molecule has 0 aromatic carbocycles. The number of rotatable bonds is 6. The Kier molecular flexibility index (Phi) is 6.66. The largest absolute Gasteiger partial charge is 0.314 e. The highest BCUT2D eigenvalue weighted by Gasteiger charge is 2.27. The van der Waals surface area contributed by atoms with E-state index in [1.165, 1.54) is 38.6 Å². The maximum Gasteiger partial charge on any atom is 0.00861 e. The monoisotopic (exact) mass is 235 g/mol. The second-order valence-corrected chi connectivity index (χ2v) is 6.10. The van der Waals surface area contributed by atoms with Crippen molar-refractivity contribution in [2.45, 2.75) is 65.3 Å². The zero-order chi connectivity index (χ0) is 12.7. The molecule has 1 fully saturated rings. The van der Waals surface area contributed by atoms with E-state index in [1.54, 1.807) is 0 Å². The van der Waals surface area contributed by atoms with Crippen LogP contribution in [0.5, 0.6) is 0 Å². The van der Waals surface area contributed by atoms with Gasteiger partial charge < -0.3 is 5.32 Å². The van der Waals surface area contributed by atoms with Crippen LogP contribution in [-0.2, 0) is 0 Å². The van der Waals surface area contributed by atoms with Gasteiger partial charge >= 0.3 is 0 Å². The van der Waals surface area contributed by atoms with Gasteiger partial charge in [-0.15, -0.1) is 12.3 Å². The minimum absolute atomic E-state index is 0.612. The first kappa shape index (κ1) is 14.6. The molecule has 0 spiro atoms. The van der Waals surface area contributed by atoms with Crippen LogP contribution in [0.4, 0.5) is 0 Å². The lowest BCUT2D eigenvalue weighted by Gasteiger charge is -2.35. The SMILES string of the molecule is C#CCCCC1CC(C)CCC1CNC(C)C. The fourth-order valence-electron chi connectivity index (χ4n) is 3.04. The van der Waals surface area contributed by atoms with Gasteiger partial charge in [0, 0.05) is 12.5 Å². The van der Waals surface area contributed by atoms with Crippen molar-refractivity contribution in [3.8, 4) is 12.3 Å². The highest BCUT2D eigenvalue weighted by Crippen LogP contribution is 2.36. The van der Waals surface area contributed by atoms with Gasteiger partial charge in [0.25, 0.3) is 0 Å². The van der Waals surface area contributed by atoms with Crippen LogP contribution in [0.15, 0.2) is 0 Å². The van der Waals surface area contributed by atoms with Crippen LogP contribution in [0.3, 0.4) is 0 Å². The average molecular weight is 235 g/mol. The normalized spacial score (nSPS) is 29.2. The zero-order valence-corrected chi connectivity index (χ0v) is 11.8. The third kappa shape index (κ3) is 5.59. The van der Waals surface area contributed by atoms with E-state index in [4.69, 9.17) is 6.42 Å².